The molecule has 0 amide bonds. The molecule has 156 valence electrons. The van der Waals surface area contributed by atoms with E-state index in [4.69, 9.17) is 4.98 Å². The number of hydrogen-bond acceptors (Lipinski definition) is 6. The minimum absolute atomic E-state index is 0.145. The lowest BCUT2D eigenvalue weighted by Gasteiger charge is -2.19. The molecule has 3 aromatic rings. The van der Waals surface area contributed by atoms with Crippen LogP contribution in [0.15, 0.2) is 48.5 Å². The highest BCUT2D eigenvalue weighted by Crippen LogP contribution is 2.36. The van der Waals surface area contributed by atoms with Gasteiger partial charge in [-0.3, -0.25) is 0 Å². The van der Waals surface area contributed by atoms with Gasteiger partial charge in [-0.2, -0.15) is 10.2 Å². The fraction of sp³-hybridized carbons (Fsp3) is 0.320. The highest BCUT2D eigenvalue weighted by atomic mass is 15.1. The summed E-state index contributed by atoms with van der Waals surface area (Å²) < 4.78 is 0. The monoisotopic (exact) mass is 410 g/mol. The van der Waals surface area contributed by atoms with Gasteiger partial charge in [0.1, 0.15) is 5.82 Å². The number of anilines is 3. The molecule has 31 heavy (non-hydrogen) atoms. The molecule has 1 saturated heterocycles. The molecule has 0 unspecified atom stereocenters. The van der Waals surface area contributed by atoms with Crippen LogP contribution in [-0.2, 0) is 6.42 Å². The maximum absolute atomic E-state index is 9.41. The molecule has 2 aromatic carbocycles. The summed E-state index contributed by atoms with van der Waals surface area (Å²) in [6, 6.07) is 19.1. The number of rotatable bonds is 5. The number of hydrogen-bond donors (Lipinski definition) is 2. The van der Waals surface area contributed by atoms with E-state index in [9.17, 15) is 5.26 Å². The molecule has 1 aliphatic heterocycles. The zero-order valence-electron chi connectivity index (χ0n) is 17.7. The predicted octanol–water partition coefficient (Wildman–Crippen LogP) is 4.76. The third kappa shape index (κ3) is 3.79. The molecule has 2 N–H and O–H groups in total. The van der Waals surface area contributed by atoms with Gasteiger partial charge in [-0.25, -0.2) is 4.98 Å². The van der Waals surface area contributed by atoms with Crippen LogP contribution in [-0.4, -0.2) is 30.1 Å². The van der Waals surface area contributed by atoms with Crippen molar-refractivity contribution in [2.75, 3.05) is 35.7 Å². The molecule has 2 heterocycles. The van der Waals surface area contributed by atoms with Gasteiger partial charge >= 0.3 is 0 Å². The highest BCUT2D eigenvalue weighted by Gasteiger charge is 2.25. The van der Waals surface area contributed by atoms with E-state index in [-0.39, 0.29) is 6.04 Å². The second-order valence-electron chi connectivity index (χ2n) is 8.18. The van der Waals surface area contributed by atoms with Crippen LogP contribution in [0.3, 0.4) is 0 Å². The van der Waals surface area contributed by atoms with Crippen molar-refractivity contribution < 1.29 is 0 Å². The summed E-state index contributed by atoms with van der Waals surface area (Å²) in [5, 5.41) is 16.1. The standard InChI is InChI=1S/C25H26N6/c1-27-25-29-23(17-6-4-8-19(14-17)31-12-2-3-13-31)15-24(30-25)28-22-11-10-20-18(16-26)7-5-9-21(20)22/h4-9,14-15,22H,2-3,10-13H2,1H3,(H2,27,28,29,30)/t22-/m1/s1. The summed E-state index contributed by atoms with van der Waals surface area (Å²) in [5.41, 5.74) is 6.37. The lowest BCUT2D eigenvalue weighted by Crippen LogP contribution is -2.17. The Labute approximate surface area is 183 Å². The van der Waals surface area contributed by atoms with Crippen molar-refractivity contribution in [3.8, 4) is 17.3 Å². The number of benzene rings is 2. The van der Waals surface area contributed by atoms with Gasteiger partial charge < -0.3 is 15.5 Å². The van der Waals surface area contributed by atoms with Gasteiger partial charge in [0, 0.05) is 37.5 Å². The molecule has 1 aromatic heterocycles. The van der Waals surface area contributed by atoms with Gasteiger partial charge in [0.15, 0.2) is 0 Å². The molecule has 0 radical (unpaired) electrons. The van der Waals surface area contributed by atoms with Crippen LogP contribution in [0.2, 0.25) is 0 Å². The van der Waals surface area contributed by atoms with Crippen LogP contribution >= 0.6 is 0 Å². The molecule has 1 aliphatic carbocycles. The van der Waals surface area contributed by atoms with Crippen LogP contribution < -0.4 is 15.5 Å². The molecule has 0 saturated carbocycles. The average molecular weight is 411 g/mol. The second kappa shape index (κ2) is 8.27. The van der Waals surface area contributed by atoms with Gasteiger partial charge in [0.05, 0.1) is 23.4 Å². The first-order valence-electron chi connectivity index (χ1n) is 11.0. The summed E-state index contributed by atoms with van der Waals surface area (Å²) in [4.78, 5) is 11.8. The zero-order chi connectivity index (χ0) is 21.2. The summed E-state index contributed by atoms with van der Waals surface area (Å²) in [6.07, 6.45) is 4.37. The molecular weight excluding hydrogens is 384 g/mol. The number of nitriles is 1. The quantitative estimate of drug-likeness (QED) is 0.632. The molecular formula is C25H26N6. The maximum Gasteiger partial charge on any atom is 0.224 e. The smallest absolute Gasteiger partial charge is 0.224 e. The first-order chi connectivity index (χ1) is 15.2. The van der Waals surface area contributed by atoms with Crippen LogP contribution in [0.5, 0.6) is 0 Å². The van der Waals surface area contributed by atoms with Crippen LogP contribution in [0.1, 0.15) is 42.0 Å². The maximum atomic E-state index is 9.41. The Morgan fingerprint density at radius 1 is 1.06 bits per heavy atom. The van der Waals surface area contributed by atoms with Crippen LogP contribution in [0.25, 0.3) is 11.3 Å². The molecule has 2 aliphatic rings. The Morgan fingerprint density at radius 3 is 2.71 bits per heavy atom. The van der Waals surface area contributed by atoms with E-state index in [0.29, 0.717) is 5.95 Å². The molecule has 0 spiro atoms. The van der Waals surface area contributed by atoms with E-state index >= 15 is 0 Å². The normalized spacial score (nSPS) is 17.3. The molecule has 1 atom stereocenters. The minimum atomic E-state index is 0.145. The van der Waals surface area contributed by atoms with E-state index < -0.39 is 0 Å². The van der Waals surface area contributed by atoms with Gasteiger partial charge in [0.2, 0.25) is 5.95 Å². The Morgan fingerprint density at radius 2 is 1.90 bits per heavy atom. The lowest BCUT2D eigenvalue weighted by molar-refractivity contribution is 0.757. The van der Waals surface area contributed by atoms with Crippen LogP contribution in [0, 0.1) is 11.3 Å². The van der Waals surface area contributed by atoms with E-state index in [0.717, 1.165) is 54.1 Å². The number of fused-ring (bicyclic) bond motifs is 1. The summed E-state index contributed by atoms with van der Waals surface area (Å²) in [5.74, 6) is 1.39. The average Bonchev–Trinajstić information content (AvgIpc) is 3.49. The van der Waals surface area contributed by atoms with Gasteiger partial charge in [-0.15, -0.1) is 0 Å². The van der Waals surface area contributed by atoms with E-state index in [1.165, 1.54) is 24.1 Å². The largest absolute Gasteiger partial charge is 0.372 e. The van der Waals surface area contributed by atoms with Crippen molar-refractivity contribution >= 4 is 17.5 Å². The minimum Gasteiger partial charge on any atom is -0.372 e. The lowest BCUT2D eigenvalue weighted by atomic mass is 10.0. The zero-order valence-corrected chi connectivity index (χ0v) is 17.7. The molecule has 1 fully saturated rings. The Bertz CT molecular complexity index is 1140. The molecule has 0 bridgehead atoms. The van der Waals surface area contributed by atoms with Gasteiger partial charge in [-0.05, 0) is 55.0 Å². The van der Waals surface area contributed by atoms with Crippen molar-refractivity contribution in [2.45, 2.75) is 31.7 Å². The van der Waals surface area contributed by atoms with Crippen molar-refractivity contribution in [2.24, 2.45) is 0 Å². The van der Waals surface area contributed by atoms with Crippen molar-refractivity contribution in [1.29, 1.82) is 5.26 Å². The topological polar surface area (TPSA) is 76.9 Å². The van der Waals surface area contributed by atoms with E-state index in [1.807, 2.05) is 25.2 Å². The third-order valence-corrected chi connectivity index (χ3v) is 6.28. The van der Waals surface area contributed by atoms with Crippen molar-refractivity contribution in [1.82, 2.24) is 9.97 Å². The van der Waals surface area contributed by atoms with Crippen molar-refractivity contribution in [3.05, 3.63) is 65.2 Å². The SMILES string of the molecule is CNc1nc(N[C@@H]2CCc3c(C#N)cccc32)cc(-c2cccc(N3CCCC3)c2)n1. The highest BCUT2D eigenvalue weighted by molar-refractivity contribution is 5.69. The summed E-state index contributed by atoms with van der Waals surface area (Å²) >= 11 is 0. The number of nitrogens with one attached hydrogen (secondary N) is 2. The molecule has 5 rings (SSSR count). The van der Waals surface area contributed by atoms with Gasteiger partial charge in [0.25, 0.3) is 0 Å². The number of aromatic nitrogens is 2. The van der Waals surface area contributed by atoms with Crippen LogP contribution in [0.4, 0.5) is 17.5 Å². The summed E-state index contributed by atoms with van der Waals surface area (Å²) in [7, 11) is 1.84. The third-order valence-electron chi connectivity index (χ3n) is 6.28. The first-order valence-corrected chi connectivity index (χ1v) is 11.0. The second-order valence-corrected chi connectivity index (χ2v) is 8.18. The van der Waals surface area contributed by atoms with E-state index in [2.05, 4.69) is 56.9 Å². The fourth-order valence-corrected chi connectivity index (χ4v) is 4.71. The molecule has 6 nitrogen and oxygen atoms in total. The molecule has 6 heteroatoms. The van der Waals surface area contributed by atoms with E-state index in [1.54, 1.807) is 0 Å². The Hall–Kier alpha value is -3.59. The van der Waals surface area contributed by atoms with Gasteiger partial charge in [-0.1, -0.05) is 24.3 Å². The summed E-state index contributed by atoms with van der Waals surface area (Å²) in [6.45, 7) is 2.24. The number of nitrogens with zero attached hydrogens (tertiary/aromatic N) is 4. The van der Waals surface area contributed by atoms with Crippen molar-refractivity contribution in [3.63, 3.8) is 0 Å². The predicted molar refractivity (Wildman–Crippen MR) is 124 cm³/mol. The first kappa shape index (κ1) is 19.4. The Balaban J connectivity index is 1.46. The Kier molecular flexibility index (Phi) is 5.17. The fourth-order valence-electron chi connectivity index (χ4n) is 4.71.